The van der Waals surface area contributed by atoms with Gasteiger partial charge < -0.3 is 4.74 Å². The summed E-state index contributed by atoms with van der Waals surface area (Å²) < 4.78 is 6.92. The van der Waals surface area contributed by atoms with Gasteiger partial charge in [-0.15, -0.1) is 11.3 Å². The highest BCUT2D eigenvalue weighted by atomic mass is 79.9. The van der Waals surface area contributed by atoms with Gasteiger partial charge in [-0.05, 0) is 51.5 Å². The van der Waals surface area contributed by atoms with E-state index < -0.39 is 0 Å². The van der Waals surface area contributed by atoms with Crippen LogP contribution in [-0.2, 0) is 12.0 Å². The quantitative estimate of drug-likeness (QED) is 0.671. The maximum absolute atomic E-state index is 5.80. The SMILES string of the molecule is CCC(C)(C)c1ccc(OCc2cc(Br)cs2)cc1. The third-order valence-electron chi connectivity index (χ3n) is 3.52. The monoisotopic (exact) mass is 338 g/mol. The average Bonchev–Trinajstić information content (AvgIpc) is 2.83. The lowest BCUT2D eigenvalue weighted by Gasteiger charge is -2.23. The van der Waals surface area contributed by atoms with Gasteiger partial charge in [0.25, 0.3) is 0 Å². The molecule has 1 nitrogen and oxygen atoms in total. The van der Waals surface area contributed by atoms with Crippen molar-refractivity contribution in [2.45, 2.75) is 39.2 Å². The third kappa shape index (κ3) is 3.83. The summed E-state index contributed by atoms with van der Waals surface area (Å²) in [6.45, 7) is 7.39. The Kier molecular flexibility index (Phi) is 4.69. The lowest BCUT2D eigenvalue weighted by Crippen LogP contribution is -2.14. The van der Waals surface area contributed by atoms with E-state index in [0.717, 1.165) is 16.6 Å². The fraction of sp³-hybridized carbons (Fsp3) is 0.375. The summed E-state index contributed by atoms with van der Waals surface area (Å²) in [6.07, 6.45) is 1.14. The minimum Gasteiger partial charge on any atom is -0.488 e. The lowest BCUT2D eigenvalue weighted by molar-refractivity contribution is 0.309. The maximum atomic E-state index is 5.80. The molecule has 0 fully saturated rings. The van der Waals surface area contributed by atoms with Gasteiger partial charge in [0.1, 0.15) is 12.4 Å². The molecule has 0 amide bonds. The van der Waals surface area contributed by atoms with Crippen molar-refractivity contribution >= 4 is 27.3 Å². The van der Waals surface area contributed by atoms with Crippen molar-refractivity contribution in [3.05, 3.63) is 50.6 Å². The molecule has 0 saturated heterocycles. The zero-order valence-corrected chi connectivity index (χ0v) is 14.0. The Morgan fingerprint density at radius 2 is 1.89 bits per heavy atom. The Labute approximate surface area is 127 Å². The standard InChI is InChI=1S/C16H19BrOS/c1-4-16(2,3)12-5-7-14(8-6-12)18-10-15-9-13(17)11-19-15/h5-9,11H,4,10H2,1-3H3. The topological polar surface area (TPSA) is 9.23 Å². The number of ether oxygens (including phenoxy) is 1. The van der Waals surface area contributed by atoms with Crippen LogP contribution in [0.3, 0.4) is 0 Å². The third-order valence-corrected chi connectivity index (χ3v) is 5.19. The van der Waals surface area contributed by atoms with Crippen molar-refractivity contribution in [3.63, 3.8) is 0 Å². The molecule has 0 saturated carbocycles. The number of benzene rings is 1. The van der Waals surface area contributed by atoms with Gasteiger partial charge in [0.2, 0.25) is 0 Å². The van der Waals surface area contributed by atoms with Crippen LogP contribution in [0.1, 0.15) is 37.6 Å². The van der Waals surface area contributed by atoms with Gasteiger partial charge in [-0.25, -0.2) is 0 Å². The van der Waals surface area contributed by atoms with E-state index in [1.807, 2.05) is 0 Å². The van der Waals surface area contributed by atoms with Gasteiger partial charge in [0.15, 0.2) is 0 Å². The number of hydrogen-bond acceptors (Lipinski definition) is 2. The van der Waals surface area contributed by atoms with E-state index >= 15 is 0 Å². The fourth-order valence-electron chi connectivity index (χ4n) is 1.79. The summed E-state index contributed by atoms with van der Waals surface area (Å²) in [5, 5.41) is 2.07. The Morgan fingerprint density at radius 1 is 1.21 bits per heavy atom. The first-order valence-corrected chi connectivity index (χ1v) is 8.15. The van der Waals surface area contributed by atoms with Crippen LogP contribution in [0.15, 0.2) is 40.2 Å². The zero-order valence-electron chi connectivity index (χ0n) is 11.6. The Hall–Kier alpha value is -0.800. The van der Waals surface area contributed by atoms with E-state index in [9.17, 15) is 0 Å². The summed E-state index contributed by atoms with van der Waals surface area (Å²) in [5.41, 5.74) is 1.60. The second-order valence-electron chi connectivity index (χ2n) is 5.28. The molecule has 0 bridgehead atoms. The van der Waals surface area contributed by atoms with Crippen molar-refractivity contribution in [1.82, 2.24) is 0 Å². The Balaban J connectivity index is 1.99. The molecule has 2 rings (SSSR count). The van der Waals surface area contributed by atoms with Crippen LogP contribution in [0.4, 0.5) is 0 Å². The molecule has 0 aliphatic rings. The highest BCUT2D eigenvalue weighted by molar-refractivity contribution is 9.10. The molecule has 19 heavy (non-hydrogen) atoms. The summed E-state index contributed by atoms with van der Waals surface area (Å²) in [4.78, 5) is 1.23. The molecule has 0 N–H and O–H groups in total. The van der Waals surface area contributed by atoms with Crippen molar-refractivity contribution in [3.8, 4) is 5.75 Å². The van der Waals surface area contributed by atoms with Crippen molar-refractivity contribution in [2.24, 2.45) is 0 Å². The Bertz CT molecular complexity index is 528. The number of thiophene rings is 1. The van der Waals surface area contributed by atoms with Crippen LogP contribution in [-0.4, -0.2) is 0 Å². The molecule has 2 aromatic rings. The minimum atomic E-state index is 0.233. The van der Waals surface area contributed by atoms with E-state index in [2.05, 4.69) is 72.4 Å². The predicted molar refractivity (Wildman–Crippen MR) is 86.1 cm³/mol. The summed E-state index contributed by atoms with van der Waals surface area (Å²) in [6, 6.07) is 10.6. The molecule has 0 radical (unpaired) electrons. The summed E-state index contributed by atoms with van der Waals surface area (Å²) in [5.74, 6) is 0.931. The lowest BCUT2D eigenvalue weighted by atomic mass is 9.82. The molecule has 0 spiro atoms. The highest BCUT2D eigenvalue weighted by Crippen LogP contribution is 2.28. The van der Waals surface area contributed by atoms with Crippen LogP contribution in [0, 0.1) is 0 Å². The average molecular weight is 339 g/mol. The minimum absolute atomic E-state index is 0.233. The van der Waals surface area contributed by atoms with Gasteiger partial charge in [-0.2, -0.15) is 0 Å². The summed E-state index contributed by atoms with van der Waals surface area (Å²) in [7, 11) is 0. The van der Waals surface area contributed by atoms with Crippen LogP contribution in [0.5, 0.6) is 5.75 Å². The van der Waals surface area contributed by atoms with Gasteiger partial charge in [0.05, 0.1) is 0 Å². The molecule has 0 aliphatic heterocycles. The molecule has 102 valence electrons. The van der Waals surface area contributed by atoms with E-state index in [-0.39, 0.29) is 5.41 Å². The molecule has 0 unspecified atom stereocenters. The molecule has 3 heteroatoms. The molecule has 0 aliphatic carbocycles. The van der Waals surface area contributed by atoms with Crippen LogP contribution in [0.2, 0.25) is 0 Å². The van der Waals surface area contributed by atoms with Crippen LogP contribution in [0.25, 0.3) is 0 Å². The largest absolute Gasteiger partial charge is 0.488 e. The second-order valence-corrected chi connectivity index (χ2v) is 7.19. The second kappa shape index (κ2) is 6.10. The van der Waals surface area contributed by atoms with Crippen LogP contribution < -0.4 is 4.74 Å². The van der Waals surface area contributed by atoms with E-state index in [1.54, 1.807) is 11.3 Å². The number of hydrogen-bond donors (Lipinski definition) is 0. The molecule has 0 atom stereocenters. The van der Waals surface area contributed by atoms with E-state index in [0.29, 0.717) is 6.61 Å². The molecule has 1 aromatic carbocycles. The first kappa shape index (κ1) is 14.6. The molecule has 1 aromatic heterocycles. The Morgan fingerprint density at radius 3 is 2.42 bits per heavy atom. The molecular weight excluding hydrogens is 320 g/mol. The highest BCUT2D eigenvalue weighted by Gasteiger charge is 2.17. The maximum Gasteiger partial charge on any atom is 0.122 e. The van der Waals surface area contributed by atoms with Gasteiger partial charge in [-0.1, -0.05) is 32.9 Å². The normalized spacial score (nSPS) is 11.6. The van der Waals surface area contributed by atoms with E-state index in [4.69, 9.17) is 4.74 Å². The smallest absolute Gasteiger partial charge is 0.122 e. The zero-order chi connectivity index (χ0) is 13.9. The van der Waals surface area contributed by atoms with Gasteiger partial charge in [-0.3, -0.25) is 0 Å². The summed E-state index contributed by atoms with van der Waals surface area (Å²) >= 11 is 5.16. The number of rotatable bonds is 5. The van der Waals surface area contributed by atoms with Crippen molar-refractivity contribution in [1.29, 1.82) is 0 Å². The fourth-order valence-corrected chi connectivity index (χ4v) is 3.15. The number of halogens is 1. The first-order valence-electron chi connectivity index (χ1n) is 6.47. The van der Waals surface area contributed by atoms with Crippen molar-refractivity contribution in [2.75, 3.05) is 0 Å². The van der Waals surface area contributed by atoms with Gasteiger partial charge >= 0.3 is 0 Å². The molecule has 1 heterocycles. The van der Waals surface area contributed by atoms with Gasteiger partial charge in [0, 0.05) is 14.7 Å². The predicted octanol–water partition coefficient (Wildman–Crippen LogP) is 5.78. The van der Waals surface area contributed by atoms with Crippen LogP contribution >= 0.6 is 27.3 Å². The van der Waals surface area contributed by atoms with Crippen molar-refractivity contribution < 1.29 is 4.74 Å². The first-order chi connectivity index (χ1) is 9.01. The van der Waals surface area contributed by atoms with E-state index in [1.165, 1.54) is 10.4 Å². The molecular formula is C16H19BrOS.